The Bertz CT molecular complexity index is 281. The molecule has 0 aliphatic carbocycles. The fourth-order valence-corrected chi connectivity index (χ4v) is 1.71. The van der Waals surface area contributed by atoms with E-state index in [0.29, 0.717) is 0 Å². The summed E-state index contributed by atoms with van der Waals surface area (Å²) < 4.78 is 18.7. The molecule has 5 atom stereocenters. The second-order valence-corrected chi connectivity index (χ2v) is 4.36. The maximum Gasteiger partial charge on any atom is 1.00 e. The second kappa shape index (κ2) is 7.36. The molecule has 96 valence electrons. The molecule has 1 saturated heterocycles. The Morgan fingerprint density at radius 2 is 1.71 bits per heavy atom. The van der Waals surface area contributed by atoms with E-state index in [-0.39, 0.29) is 51.4 Å². The molecule has 0 radical (unpaired) electrons. The first-order valence-electron chi connectivity index (χ1n) is 4.27. The predicted octanol–water partition coefficient (Wildman–Crippen LogP) is -7.36. The van der Waals surface area contributed by atoms with Crippen molar-refractivity contribution < 1.29 is 95.4 Å². The van der Waals surface area contributed by atoms with E-state index in [4.69, 9.17) is 5.11 Å². The van der Waals surface area contributed by atoms with Crippen LogP contribution in [0.15, 0.2) is 0 Å². The van der Waals surface area contributed by atoms with Gasteiger partial charge in [0.25, 0.3) is 0 Å². The standard InChI is InChI=1S/C6H13O9P.K/c7-1-2-3(8)4(9)5(10)6(14-2)15-16(11,12)13;/h2-10H,1H2,(H2,11,12,13);/q;+1/p-2/t2-,3-,4+,5-,6-;/m0./s1. The predicted molar refractivity (Wildman–Crippen MR) is 42.5 cm³/mol. The van der Waals surface area contributed by atoms with Crippen molar-refractivity contribution in [2.24, 2.45) is 0 Å². The quantitative estimate of drug-likeness (QED) is 0.292. The number of rotatable bonds is 3. The minimum Gasteiger partial charge on any atom is -0.790 e. The number of phosphoric ester groups is 1. The van der Waals surface area contributed by atoms with Crippen molar-refractivity contribution in [3.05, 3.63) is 0 Å². The van der Waals surface area contributed by atoms with E-state index in [1.54, 1.807) is 0 Å². The summed E-state index contributed by atoms with van der Waals surface area (Å²) in [4.78, 5) is 20.6. The molecule has 1 heterocycles. The van der Waals surface area contributed by atoms with Gasteiger partial charge in [-0.05, 0) is 0 Å². The fraction of sp³-hybridized carbons (Fsp3) is 1.00. The normalized spacial score (nSPS) is 38.6. The largest absolute Gasteiger partial charge is 1.00 e. The minimum atomic E-state index is -5.41. The number of aliphatic hydroxyl groups excluding tert-OH is 4. The second-order valence-electron chi connectivity index (χ2n) is 3.25. The Morgan fingerprint density at radius 1 is 1.18 bits per heavy atom. The molecule has 1 fully saturated rings. The molecular weight excluding hydrogens is 286 g/mol. The van der Waals surface area contributed by atoms with Crippen LogP contribution in [0, 0.1) is 0 Å². The molecule has 0 aromatic rings. The molecule has 0 saturated carbocycles. The van der Waals surface area contributed by atoms with Crippen molar-refractivity contribution in [3.63, 3.8) is 0 Å². The van der Waals surface area contributed by atoms with Gasteiger partial charge in [-0.2, -0.15) is 0 Å². The van der Waals surface area contributed by atoms with Crippen LogP contribution in [0.25, 0.3) is 0 Å². The van der Waals surface area contributed by atoms with Crippen LogP contribution in [-0.2, 0) is 13.8 Å². The molecular formula is C6H11KO9P-. The molecule has 11 heteroatoms. The first-order valence-corrected chi connectivity index (χ1v) is 5.73. The van der Waals surface area contributed by atoms with Crippen molar-refractivity contribution in [1.29, 1.82) is 0 Å². The van der Waals surface area contributed by atoms with E-state index in [0.717, 1.165) is 0 Å². The van der Waals surface area contributed by atoms with Crippen molar-refractivity contribution in [3.8, 4) is 0 Å². The summed E-state index contributed by atoms with van der Waals surface area (Å²) in [6.07, 6.45) is -8.61. The van der Waals surface area contributed by atoms with E-state index < -0.39 is 45.1 Å². The van der Waals surface area contributed by atoms with Gasteiger partial charge in [0.1, 0.15) is 24.4 Å². The van der Waals surface area contributed by atoms with E-state index in [1.165, 1.54) is 0 Å². The zero-order valence-corrected chi connectivity index (χ0v) is 12.9. The monoisotopic (exact) mass is 297 g/mol. The molecule has 1 rings (SSSR count). The average Bonchev–Trinajstić information content (AvgIpc) is 2.17. The Morgan fingerprint density at radius 3 is 2.12 bits per heavy atom. The maximum absolute atomic E-state index is 10.3. The Balaban J connectivity index is 0.00000256. The van der Waals surface area contributed by atoms with Gasteiger partial charge < -0.3 is 44.0 Å². The number of hydrogen-bond donors (Lipinski definition) is 4. The van der Waals surface area contributed by atoms with E-state index in [1.807, 2.05) is 0 Å². The number of aliphatic hydroxyl groups is 4. The molecule has 1 aliphatic rings. The van der Waals surface area contributed by atoms with Gasteiger partial charge in [-0.1, -0.05) is 0 Å². The van der Waals surface area contributed by atoms with Crippen LogP contribution >= 0.6 is 7.82 Å². The van der Waals surface area contributed by atoms with Gasteiger partial charge in [0.15, 0.2) is 6.29 Å². The summed E-state index contributed by atoms with van der Waals surface area (Å²) in [5, 5.41) is 36.5. The molecule has 0 amide bonds. The van der Waals surface area contributed by atoms with Gasteiger partial charge >= 0.3 is 51.4 Å². The van der Waals surface area contributed by atoms with Crippen molar-refractivity contribution in [1.82, 2.24) is 0 Å². The first-order chi connectivity index (χ1) is 7.26. The molecule has 4 N–H and O–H groups in total. The summed E-state index contributed by atoms with van der Waals surface area (Å²) in [6.45, 7) is -0.743. The number of ether oxygens (including phenoxy) is 1. The molecule has 0 unspecified atom stereocenters. The maximum atomic E-state index is 10.3. The van der Waals surface area contributed by atoms with Crippen LogP contribution in [0.4, 0.5) is 0 Å². The summed E-state index contributed by atoms with van der Waals surface area (Å²) in [5.74, 6) is 0. The molecule has 0 aromatic heterocycles. The molecule has 1 aliphatic heterocycles. The van der Waals surface area contributed by atoms with Gasteiger partial charge in [0.05, 0.1) is 14.4 Å². The number of phosphoric acid groups is 1. The van der Waals surface area contributed by atoms with Crippen molar-refractivity contribution >= 4 is 7.82 Å². The van der Waals surface area contributed by atoms with Gasteiger partial charge in [-0.15, -0.1) is 0 Å². The Labute approximate surface area is 139 Å². The van der Waals surface area contributed by atoms with Gasteiger partial charge in [0.2, 0.25) is 0 Å². The van der Waals surface area contributed by atoms with Crippen LogP contribution in [0.1, 0.15) is 0 Å². The minimum absolute atomic E-state index is 0. The summed E-state index contributed by atoms with van der Waals surface area (Å²) in [5.41, 5.74) is 0. The third-order valence-corrected chi connectivity index (χ3v) is 2.55. The Kier molecular flexibility index (Phi) is 8.03. The molecule has 0 spiro atoms. The topological polar surface area (TPSA) is 163 Å². The van der Waals surface area contributed by atoms with E-state index in [9.17, 15) is 29.7 Å². The van der Waals surface area contributed by atoms with Gasteiger partial charge in [-0.3, -0.25) is 0 Å². The average molecular weight is 297 g/mol. The molecule has 0 bridgehead atoms. The van der Waals surface area contributed by atoms with Crippen molar-refractivity contribution in [2.75, 3.05) is 6.61 Å². The zero-order chi connectivity index (χ0) is 12.5. The third kappa shape index (κ3) is 5.20. The smallest absolute Gasteiger partial charge is 0.790 e. The fourth-order valence-electron chi connectivity index (χ4n) is 1.28. The first kappa shape index (κ1) is 18.5. The van der Waals surface area contributed by atoms with Crippen LogP contribution in [-0.4, -0.2) is 57.7 Å². The third-order valence-electron chi connectivity index (χ3n) is 2.08. The molecule has 17 heavy (non-hydrogen) atoms. The Hall–Kier alpha value is 1.55. The zero-order valence-electron chi connectivity index (χ0n) is 8.87. The summed E-state index contributed by atoms with van der Waals surface area (Å²) in [7, 11) is -5.41. The van der Waals surface area contributed by atoms with Gasteiger partial charge in [-0.25, -0.2) is 0 Å². The number of hydrogen-bond acceptors (Lipinski definition) is 9. The van der Waals surface area contributed by atoms with Gasteiger partial charge in [0, 0.05) is 0 Å². The summed E-state index contributed by atoms with van der Waals surface area (Å²) in [6, 6.07) is 0. The van der Waals surface area contributed by atoms with E-state index >= 15 is 0 Å². The SMILES string of the molecule is O=P([O-])([O-])O[C@@H]1O[C@@H](CO)[C@H](O)[C@@H](O)[C@@H]1O.[K+]. The van der Waals surface area contributed by atoms with Crippen LogP contribution < -0.4 is 61.2 Å². The van der Waals surface area contributed by atoms with Crippen LogP contribution in [0.5, 0.6) is 0 Å². The van der Waals surface area contributed by atoms with Crippen molar-refractivity contribution in [2.45, 2.75) is 30.7 Å². The molecule has 9 nitrogen and oxygen atoms in total. The summed E-state index contributed by atoms with van der Waals surface area (Å²) >= 11 is 0. The van der Waals surface area contributed by atoms with E-state index in [2.05, 4.69) is 9.26 Å². The van der Waals surface area contributed by atoms with Crippen LogP contribution in [0.2, 0.25) is 0 Å². The molecule has 0 aromatic carbocycles. The van der Waals surface area contributed by atoms with Crippen LogP contribution in [0.3, 0.4) is 0 Å².